The number of halogens is 1. The van der Waals surface area contributed by atoms with Crippen molar-refractivity contribution in [2.45, 2.75) is 102 Å². The van der Waals surface area contributed by atoms with Gasteiger partial charge in [0.1, 0.15) is 5.15 Å². The van der Waals surface area contributed by atoms with Crippen molar-refractivity contribution < 1.29 is 10.2 Å². The molecule has 0 aliphatic heterocycles. The van der Waals surface area contributed by atoms with E-state index in [0.29, 0.717) is 35.0 Å². The van der Waals surface area contributed by atoms with Crippen LogP contribution in [-0.4, -0.2) is 48.5 Å². The molecule has 2 aromatic rings. The zero-order valence-electron chi connectivity index (χ0n) is 21.4. The van der Waals surface area contributed by atoms with Gasteiger partial charge in [-0.05, 0) is 103 Å². The number of anilines is 2. The fraction of sp³-hybridized carbons (Fsp3) is 0.667. The predicted octanol–water partition coefficient (Wildman–Crippen LogP) is 5.68. The van der Waals surface area contributed by atoms with Gasteiger partial charge in [0.25, 0.3) is 0 Å². The van der Waals surface area contributed by atoms with Gasteiger partial charge in [0, 0.05) is 35.7 Å². The van der Waals surface area contributed by atoms with E-state index in [1.807, 2.05) is 39.8 Å². The molecule has 0 unspecified atom stereocenters. The number of rotatable bonds is 7. The molecule has 0 radical (unpaired) electrons. The van der Waals surface area contributed by atoms with E-state index in [2.05, 4.69) is 20.6 Å². The molecule has 0 atom stereocenters. The highest BCUT2D eigenvalue weighted by atomic mass is 35.5. The Hall–Kier alpha value is -1.96. The maximum Gasteiger partial charge on any atom is 0.223 e. The second-order valence-corrected chi connectivity index (χ2v) is 11.9. The summed E-state index contributed by atoms with van der Waals surface area (Å²) in [6.45, 7) is 7.63. The highest BCUT2D eigenvalue weighted by Crippen LogP contribution is 2.36. The van der Waals surface area contributed by atoms with Gasteiger partial charge in [0.2, 0.25) is 5.95 Å². The maximum absolute atomic E-state index is 10.4. The van der Waals surface area contributed by atoms with Gasteiger partial charge >= 0.3 is 0 Å². The van der Waals surface area contributed by atoms with Crippen molar-refractivity contribution in [2.75, 3.05) is 10.6 Å². The van der Waals surface area contributed by atoms with Gasteiger partial charge in [0.15, 0.2) is 0 Å². The molecule has 0 spiro atoms. The molecular weight excluding hydrogens is 462 g/mol. The Morgan fingerprint density at radius 2 is 1.37 bits per heavy atom. The van der Waals surface area contributed by atoms with Crippen molar-refractivity contribution >= 4 is 23.2 Å². The number of aliphatic hydroxyl groups is 2. The summed E-state index contributed by atoms with van der Waals surface area (Å²) in [6, 6.07) is 4.39. The minimum absolute atomic E-state index is 0.302. The van der Waals surface area contributed by atoms with Crippen molar-refractivity contribution in [1.29, 1.82) is 0 Å². The van der Waals surface area contributed by atoms with Crippen LogP contribution < -0.4 is 10.6 Å². The average molecular weight is 502 g/mol. The van der Waals surface area contributed by atoms with E-state index in [0.717, 1.165) is 68.3 Å². The topological polar surface area (TPSA) is 103 Å². The summed E-state index contributed by atoms with van der Waals surface area (Å²) in [6.07, 6.45) is 11.5. The zero-order chi connectivity index (χ0) is 25.2. The van der Waals surface area contributed by atoms with Crippen LogP contribution in [0.2, 0.25) is 5.15 Å². The van der Waals surface area contributed by atoms with Crippen LogP contribution >= 0.6 is 11.6 Å². The number of hydrogen-bond donors (Lipinski definition) is 4. The Bertz CT molecular complexity index is 988. The van der Waals surface area contributed by atoms with Crippen LogP contribution in [0.3, 0.4) is 0 Å². The van der Waals surface area contributed by atoms with Crippen LogP contribution in [0.1, 0.15) is 79.1 Å². The van der Waals surface area contributed by atoms with E-state index >= 15 is 0 Å². The number of nitrogens with zero attached hydrogens (tertiary/aromatic N) is 3. The normalized spacial score (nSPS) is 25.8. The van der Waals surface area contributed by atoms with E-state index in [1.165, 1.54) is 0 Å². The molecule has 0 bridgehead atoms. The van der Waals surface area contributed by atoms with Gasteiger partial charge in [-0.1, -0.05) is 11.6 Å². The Kier molecular flexibility index (Phi) is 7.89. The summed E-state index contributed by atoms with van der Waals surface area (Å²) in [7, 11) is 0. The molecule has 2 aliphatic carbocycles. The molecule has 2 saturated carbocycles. The summed E-state index contributed by atoms with van der Waals surface area (Å²) in [4.78, 5) is 13.6. The zero-order valence-corrected chi connectivity index (χ0v) is 22.1. The number of hydrogen-bond acceptors (Lipinski definition) is 7. The molecule has 4 N–H and O–H groups in total. The molecule has 4 rings (SSSR count). The summed E-state index contributed by atoms with van der Waals surface area (Å²) in [5.74, 6) is 1.27. The van der Waals surface area contributed by atoms with Gasteiger partial charge < -0.3 is 20.8 Å². The van der Waals surface area contributed by atoms with E-state index in [1.54, 1.807) is 12.4 Å². The SMILES string of the molecule is CC(C)(O)C1CCC(Nc2nccc(-c3cnc(Cl)cc3NC3CCC(C(C)(C)O)CC3)n2)CC1. The molecule has 0 saturated heterocycles. The van der Waals surface area contributed by atoms with E-state index in [4.69, 9.17) is 16.6 Å². The lowest BCUT2D eigenvalue weighted by molar-refractivity contribution is -0.000847. The molecule has 192 valence electrons. The Balaban J connectivity index is 1.44. The quantitative estimate of drug-likeness (QED) is 0.362. The highest BCUT2D eigenvalue weighted by Gasteiger charge is 2.32. The fourth-order valence-electron chi connectivity index (χ4n) is 5.62. The maximum atomic E-state index is 10.4. The lowest BCUT2D eigenvalue weighted by atomic mass is 9.77. The molecule has 2 fully saturated rings. The lowest BCUT2D eigenvalue weighted by Gasteiger charge is -2.36. The second-order valence-electron chi connectivity index (χ2n) is 11.5. The lowest BCUT2D eigenvalue weighted by Crippen LogP contribution is -2.37. The molecule has 0 amide bonds. The van der Waals surface area contributed by atoms with Crippen LogP contribution in [-0.2, 0) is 0 Å². The molecule has 8 heteroatoms. The molecule has 2 aromatic heterocycles. The van der Waals surface area contributed by atoms with Crippen molar-refractivity contribution in [3.63, 3.8) is 0 Å². The second kappa shape index (κ2) is 10.6. The standard InChI is InChI=1S/C27H40ClN5O2/c1-26(2,34)17-5-9-19(10-6-17)31-23-15-24(28)30-16-21(23)22-13-14-29-25(33-22)32-20-11-7-18(8-12-20)27(3,4)35/h13-20,34-35H,5-12H2,1-4H3,(H,30,31)(H,29,32,33). The van der Waals surface area contributed by atoms with Gasteiger partial charge in [-0.2, -0.15) is 0 Å². The smallest absolute Gasteiger partial charge is 0.223 e. The minimum Gasteiger partial charge on any atom is -0.390 e. The number of nitrogens with one attached hydrogen (secondary N) is 2. The average Bonchev–Trinajstić information content (AvgIpc) is 2.79. The Morgan fingerprint density at radius 3 is 1.91 bits per heavy atom. The van der Waals surface area contributed by atoms with Crippen molar-refractivity contribution in [1.82, 2.24) is 15.0 Å². The monoisotopic (exact) mass is 501 g/mol. The first kappa shape index (κ1) is 26.1. The van der Waals surface area contributed by atoms with Crippen LogP contribution in [0.4, 0.5) is 11.6 Å². The highest BCUT2D eigenvalue weighted by molar-refractivity contribution is 6.29. The van der Waals surface area contributed by atoms with Crippen LogP contribution in [0.25, 0.3) is 11.3 Å². The third kappa shape index (κ3) is 6.83. The number of pyridine rings is 1. The third-order valence-corrected chi connectivity index (χ3v) is 8.15. The first-order valence-electron chi connectivity index (χ1n) is 13.0. The van der Waals surface area contributed by atoms with Gasteiger partial charge in [-0.3, -0.25) is 0 Å². The van der Waals surface area contributed by atoms with E-state index in [9.17, 15) is 10.2 Å². The van der Waals surface area contributed by atoms with E-state index < -0.39 is 11.2 Å². The minimum atomic E-state index is -0.631. The molecule has 2 aliphatic rings. The predicted molar refractivity (Wildman–Crippen MR) is 142 cm³/mol. The first-order chi connectivity index (χ1) is 16.5. The summed E-state index contributed by atoms with van der Waals surface area (Å²) < 4.78 is 0. The van der Waals surface area contributed by atoms with Crippen LogP contribution in [0.15, 0.2) is 24.5 Å². The van der Waals surface area contributed by atoms with Crippen LogP contribution in [0, 0.1) is 11.8 Å². The molecule has 7 nitrogen and oxygen atoms in total. The van der Waals surface area contributed by atoms with Crippen molar-refractivity contribution in [3.05, 3.63) is 29.7 Å². The van der Waals surface area contributed by atoms with E-state index in [-0.39, 0.29) is 0 Å². The fourth-order valence-corrected chi connectivity index (χ4v) is 5.78. The first-order valence-corrected chi connectivity index (χ1v) is 13.3. The molecular formula is C27H40ClN5O2. The van der Waals surface area contributed by atoms with Crippen LogP contribution in [0.5, 0.6) is 0 Å². The van der Waals surface area contributed by atoms with Gasteiger partial charge in [-0.15, -0.1) is 0 Å². The largest absolute Gasteiger partial charge is 0.390 e. The molecule has 35 heavy (non-hydrogen) atoms. The Labute approximate surface area is 214 Å². The van der Waals surface area contributed by atoms with Crippen molar-refractivity contribution in [3.8, 4) is 11.3 Å². The van der Waals surface area contributed by atoms with Gasteiger partial charge in [0.05, 0.1) is 16.9 Å². The van der Waals surface area contributed by atoms with Gasteiger partial charge in [-0.25, -0.2) is 15.0 Å². The van der Waals surface area contributed by atoms with Crippen molar-refractivity contribution in [2.24, 2.45) is 11.8 Å². The summed E-state index contributed by atoms with van der Waals surface area (Å²) in [5.41, 5.74) is 1.36. The molecule has 0 aromatic carbocycles. The third-order valence-electron chi connectivity index (χ3n) is 7.95. The number of aromatic nitrogens is 3. The summed E-state index contributed by atoms with van der Waals surface area (Å²) in [5, 5.41) is 28.3. The molecule has 2 heterocycles. The summed E-state index contributed by atoms with van der Waals surface area (Å²) >= 11 is 6.26. The Morgan fingerprint density at radius 1 is 0.829 bits per heavy atom.